The number of hydrogen-bond acceptors (Lipinski definition) is 7. The Hall–Kier alpha value is -3.65. The summed E-state index contributed by atoms with van der Waals surface area (Å²) in [6.45, 7) is 0.121. The molecule has 9 heteroatoms. The highest BCUT2D eigenvalue weighted by Gasteiger charge is 2.21. The van der Waals surface area contributed by atoms with Crippen molar-refractivity contribution in [1.82, 2.24) is 0 Å². The van der Waals surface area contributed by atoms with Gasteiger partial charge >= 0.3 is 5.97 Å². The zero-order chi connectivity index (χ0) is 22.2. The third-order valence-electron chi connectivity index (χ3n) is 4.14. The highest BCUT2D eigenvalue weighted by atomic mass is 35.5. The van der Waals surface area contributed by atoms with E-state index in [4.69, 9.17) is 35.0 Å². The van der Waals surface area contributed by atoms with Crippen molar-refractivity contribution in [1.29, 1.82) is 0 Å². The van der Waals surface area contributed by atoms with Gasteiger partial charge < -0.3 is 28.7 Å². The van der Waals surface area contributed by atoms with Gasteiger partial charge in [0.1, 0.15) is 19.0 Å². The summed E-state index contributed by atoms with van der Waals surface area (Å²) in [6, 6.07) is 12.8. The van der Waals surface area contributed by atoms with Crippen LogP contribution in [0.5, 0.6) is 17.2 Å². The van der Waals surface area contributed by atoms with Crippen LogP contribution < -0.4 is 19.5 Å². The molecule has 2 aromatic carbocycles. The van der Waals surface area contributed by atoms with E-state index in [0.29, 0.717) is 22.3 Å². The first-order valence-electron chi connectivity index (χ1n) is 9.18. The average Bonchev–Trinajstić information content (AvgIpc) is 3.32. The molecule has 0 aliphatic heterocycles. The monoisotopic (exact) mass is 445 g/mol. The largest absolute Gasteiger partial charge is 0.493 e. The molecular formula is C22H20ClNO7. The van der Waals surface area contributed by atoms with Crippen molar-refractivity contribution >= 4 is 29.2 Å². The summed E-state index contributed by atoms with van der Waals surface area (Å²) < 4.78 is 26.4. The number of carbonyl (C=O) groups excluding carboxylic acids is 2. The van der Waals surface area contributed by atoms with Gasteiger partial charge in [0.25, 0.3) is 5.91 Å². The van der Waals surface area contributed by atoms with Crippen LogP contribution in [0.25, 0.3) is 0 Å². The Bertz CT molecular complexity index is 1030. The van der Waals surface area contributed by atoms with Crippen molar-refractivity contribution < 1.29 is 33.0 Å². The molecule has 0 aliphatic rings. The number of methoxy groups -OCH3 is 2. The summed E-state index contributed by atoms with van der Waals surface area (Å²) in [5, 5.41) is 3.22. The van der Waals surface area contributed by atoms with E-state index in [1.54, 1.807) is 30.3 Å². The maximum atomic E-state index is 12.7. The normalized spacial score (nSPS) is 10.3. The van der Waals surface area contributed by atoms with Crippen LogP contribution in [0.1, 0.15) is 20.9 Å². The van der Waals surface area contributed by atoms with Gasteiger partial charge in [-0.3, -0.25) is 4.79 Å². The molecule has 1 aromatic heterocycles. The van der Waals surface area contributed by atoms with E-state index in [1.165, 1.54) is 38.7 Å². The highest BCUT2D eigenvalue weighted by Crippen LogP contribution is 2.34. The molecule has 0 bridgehead atoms. The molecule has 3 rings (SSSR count). The number of carbonyl (C=O) groups is 2. The lowest BCUT2D eigenvalue weighted by Crippen LogP contribution is -2.17. The van der Waals surface area contributed by atoms with Crippen LogP contribution in [0.3, 0.4) is 0 Å². The number of furan rings is 1. The Kier molecular flexibility index (Phi) is 7.40. The summed E-state index contributed by atoms with van der Waals surface area (Å²) in [5.74, 6) is 0.124. The third kappa shape index (κ3) is 5.70. The summed E-state index contributed by atoms with van der Waals surface area (Å²) in [5.41, 5.74) is 0.270. The summed E-state index contributed by atoms with van der Waals surface area (Å²) >= 11 is 5.83. The number of benzene rings is 2. The second-order valence-corrected chi connectivity index (χ2v) is 6.56. The Balaban J connectivity index is 1.71. The van der Waals surface area contributed by atoms with Gasteiger partial charge in [-0.05, 0) is 36.4 Å². The van der Waals surface area contributed by atoms with Crippen molar-refractivity contribution in [3.05, 3.63) is 71.1 Å². The van der Waals surface area contributed by atoms with Crippen molar-refractivity contribution in [2.24, 2.45) is 0 Å². The molecule has 0 saturated heterocycles. The van der Waals surface area contributed by atoms with Crippen molar-refractivity contribution in [3.8, 4) is 17.2 Å². The van der Waals surface area contributed by atoms with Crippen LogP contribution in [0.2, 0.25) is 5.02 Å². The molecule has 8 nitrogen and oxygen atoms in total. The summed E-state index contributed by atoms with van der Waals surface area (Å²) in [4.78, 5) is 25.1. The Morgan fingerprint density at radius 3 is 2.35 bits per heavy atom. The number of amides is 1. The van der Waals surface area contributed by atoms with Gasteiger partial charge in [-0.2, -0.15) is 0 Å². The van der Waals surface area contributed by atoms with Gasteiger partial charge in [0.05, 0.1) is 31.7 Å². The van der Waals surface area contributed by atoms with E-state index in [9.17, 15) is 9.59 Å². The maximum absolute atomic E-state index is 12.7. The molecule has 31 heavy (non-hydrogen) atoms. The summed E-state index contributed by atoms with van der Waals surface area (Å²) in [7, 11) is 2.89. The first-order valence-corrected chi connectivity index (χ1v) is 9.56. The lowest BCUT2D eigenvalue weighted by atomic mass is 10.1. The standard InChI is InChI=1S/C22H20ClNO7/c1-27-19-12-16(22(26)31-11-10-29-15-7-5-14(23)6-8-15)17(13-20(19)28-2)24-21(25)18-4-3-9-30-18/h3-9,12-13H,10-11H2,1-2H3,(H,24,25). The molecule has 0 unspecified atom stereocenters. The predicted molar refractivity (Wildman–Crippen MR) is 113 cm³/mol. The molecule has 0 atom stereocenters. The summed E-state index contributed by atoms with van der Waals surface area (Å²) in [6.07, 6.45) is 1.37. The van der Waals surface area contributed by atoms with Crippen LogP contribution in [0.15, 0.2) is 59.2 Å². The van der Waals surface area contributed by atoms with Crippen molar-refractivity contribution in [3.63, 3.8) is 0 Å². The zero-order valence-electron chi connectivity index (χ0n) is 16.8. The van der Waals surface area contributed by atoms with Gasteiger partial charge in [0.15, 0.2) is 17.3 Å². The van der Waals surface area contributed by atoms with Crippen LogP contribution >= 0.6 is 11.6 Å². The molecule has 3 aromatic rings. The zero-order valence-corrected chi connectivity index (χ0v) is 17.6. The molecule has 0 radical (unpaired) electrons. The molecule has 0 saturated carbocycles. The number of ether oxygens (including phenoxy) is 4. The highest BCUT2D eigenvalue weighted by molar-refractivity contribution is 6.30. The number of anilines is 1. The minimum Gasteiger partial charge on any atom is -0.493 e. The van der Waals surface area contributed by atoms with Gasteiger partial charge in [-0.15, -0.1) is 0 Å². The average molecular weight is 446 g/mol. The van der Waals surface area contributed by atoms with E-state index in [2.05, 4.69) is 5.32 Å². The van der Waals surface area contributed by atoms with Gasteiger partial charge in [-0.1, -0.05) is 11.6 Å². The fourth-order valence-electron chi connectivity index (χ4n) is 2.65. The lowest BCUT2D eigenvalue weighted by molar-refractivity contribution is 0.0451. The van der Waals surface area contributed by atoms with Gasteiger partial charge in [0.2, 0.25) is 0 Å². The topological polar surface area (TPSA) is 96.2 Å². The number of esters is 1. The number of rotatable bonds is 9. The first kappa shape index (κ1) is 22.0. The third-order valence-corrected chi connectivity index (χ3v) is 4.39. The molecule has 0 fully saturated rings. The second kappa shape index (κ2) is 10.4. The number of nitrogens with one attached hydrogen (secondary N) is 1. The van der Waals surface area contributed by atoms with Crippen LogP contribution in [0, 0.1) is 0 Å². The SMILES string of the molecule is COc1cc(NC(=O)c2ccco2)c(C(=O)OCCOc2ccc(Cl)cc2)cc1OC. The Labute approximate surface area is 183 Å². The van der Waals surface area contributed by atoms with E-state index >= 15 is 0 Å². The molecule has 1 N–H and O–H groups in total. The maximum Gasteiger partial charge on any atom is 0.340 e. The molecule has 0 spiro atoms. The van der Waals surface area contributed by atoms with Crippen LogP contribution in [0.4, 0.5) is 5.69 Å². The van der Waals surface area contributed by atoms with E-state index in [0.717, 1.165) is 0 Å². The minimum atomic E-state index is -0.671. The smallest absolute Gasteiger partial charge is 0.340 e. The molecule has 162 valence electrons. The van der Waals surface area contributed by atoms with E-state index in [-0.39, 0.29) is 30.2 Å². The van der Waals surface area contributed by atoms with E-state index < -0.39 is 11.9 Å². The fraction of sp³-hybridized carbons (Fsp3) is 0.182. The Morgan fingerprint density at radius 2 is 1.71 bits per heavy atom. The molecule has 1 heterocycles. The molecule has 0 aliphatic carbocycles. The van der Waals surface area contributed by atoms with E-state index in [1.807, 2.05) is 0 Å². The first-order chi connectivity index (χ1) is 15.0. The minimum absolute atomic E-state index is 0.0125. The lowest BCUT2D eigenvalue weighted by Gasteiger charge is -2.15. The van der Waals surface area contributed by atoms with Gasteiger partial charge in [0, 0.05) is 17.2 Å². The van der Waals surface area contributed by atoms with Crippen molar-refractivity contribution in [2.45, 2.75) is 0 Å². The van der Waals surface area contributed by atoms with Crippen molar-refractivity contribution in [2.75, 3.05) is 32.8 Å². The van der Waals surface area contributed by atoms with Gasteiger partial charge in [-0.25, -0.2) is 4.79 Å². The fourth-order valence-corrected chi connectivity index (χ4v) is 2.77. The molecular weight excluding hydrogens is 426 g/mol. The Morgan fingerprint density at radius 1 is 1.00 bits per heavy atom. The molecule has 1 amide bonds. The second-order valence-electron chi connectivity index (χ2n) is 6.12. The predicted octanol–water partition coefficient (Wildman–Crippen LogP) is 4.44. The quantitative estimate of drug-likeness (QED) is 0.384. The number of hydrogen-bond donors (Lipinski definition) is 1. The van der Waals surface area contributed by atoms with Crippen LogP contribution in [-0.4, -0.2) is 39.3 Å². The number of halogens is 1. The van der Waals surface area contributed by atoms with Crippen LogP contribution in [-0.2, 0) is 4.74 Å².